The summed E-state index contributed by atoms with van der Waals surface area (Å²) < 4.78 is 25.3. The molecule has 0 aromatic heterocycles. The second kappa shape index (κ2) is 8.78. The summed E-state index contributed by atoms with van der Waals surface area (Å²) >= 11 is 0. The third kappa shape index (κ3) is 3.82. The molecule has 33 heavy (non-hydrogen) atoms. The van der Waals surface area contributed by atoms with E-state index in [0.717, 1.165) is 16.0 Å². The van der Waals surface area contributed by atoms with Gasteiger partial charge in [0.25, 0.3) is 11.8 Å². The van der Waals surface area contributed by atoms with Gasteiger partial charge in [0.2, 0.25) is 0 Å². The van der Waals surface area contributed by atoms with Crippen molar-refractivity contribution in [2.45, 2.75) is 13.8 Å². The molecule has 7 heteroatoms. The molecular weight excluding hydrogens is 423 g/mol. The van der Waals surface area contributed by atoms with Crippen molar-refractivity contribution in [2.75, 3.05) is 24.4 Å². The number of carbonyl (C=O) groups is 2. The van der Waals surface area contributed by atoms with Gasteiger partial charge in [-0.2, -0.15) is 0 Å². The fourth-order valence-electron chi connectivity index (χ4n) is 3.78. The Labute approximate surface area is 191 Å². The van der Waals surface area contributed by atoms with E-state index in [1.807, 2.05) is 32.0 Å². The van der Waals surface area contributed by atoms with Crippen molar-refractivity contribution in [1.29, 1.82) is 0 Å². The van der Waals surface area contributed by atoms with Crippen LogP contribution >= 0.6 is 0 Å². The average Bonchev–Trinajstić information content (AvgIpc) is 3.06. The summed E-state index contributed by atoms with van der Waals surface area (Å²) in [4.78, 5) is 27.9. The number of imide groups is 1. The number of aryl methyl sites for hydroxylation is 1. The molecule has 3 aromatic carbocycles. The molecule has 0 aliphatic carbocycles. The number of hydrogen-bond donors (Lipinski definition) is 1. The molecule has 0 saturated heterocycles. The summed E-state index contributed by atoms with van der Waals surface area (Å²) in [7, 11) is 2.99. The molecule has 0 spiro atoms. The van der Waals surface area contributed by atoms with Gasteiger partial charge in [0.15, 0.2) is 11.5 Å². The van der Waals surface area contributed by atoms with Gasteiger partial charge in [0.1, 0.15) is 11.5 Å². The summed E-state index contributed by atoms with van der Waals surface area (Å²) in [6.45, 7) is 3.88. The maximum Gasteiger partial charge on any atom is 0.282 e. The normalized spacial score (nSPS) is 13.5. The molecular formula is C26H23FN2O4. The number of benzene rings is 3. The number of anilines is 2. The Hall–Kier alpha value is -4.13. The number of carbonyl (C=O) groups excluding carboxylic acids is 2. The lowest BCUT2D eigenvalue weighted by atomic mass is 10.0. The summed E-state index contributed by atoms with van der Waals surface area (Å²) in [5.74, 6) is -1.06. The number of methoxy groups -OCH3 is 2. The van der Waals surface area contributed by atoms with Crippen molar-refractivity contribution < 1.29 is 23.5 Å². The molecule has 0 radical (unpaired) electrons. The highest BCUT2D eigenvalue weighted by Crippen LogP contribution is 2.38. The van der Waals surface area contributed by atoms with Crippen molar-refractivity contribution in [2.24, 2.45) is 0 Å². The molecule has 1 N–H and O–H groups in total. The Morgan fingerprint density at radius 1 is 0.848 bits per heavy atom. The largest absolute Gasteiger partial charge is 0.493 e. The molecule has 0 saturated carbocycles. The van der Waals surface area contributed by atoms with Gasteiger partial charge >= 0.3 is 0 Å². The molecule has 6 nitrogen and oxygen atoms in total. The molecule has 4 rings (SSSR count). The minimum atomic E-state index is -0.668. The van der Waals surface area contributed by atoms with Crippen LogP contribution in [0.2, 0.25) is 0 Å². The van der Waals surface area contributed by atoms with Crippen molar-refractivity contribution in [3.63, 3.8) is 0 Å². The summed E-state index contributed by atoms with van der Waals surface area (Å²) in [6, 6.07) is 16.3. The molecule has 3 aromatic rings. The molecule has 0 bridgehead atoms. The van der Waals surface area contributed by atoms with Crippen LogP contribution in [0.1, 0.15) is 16.7 Å². The SMILES string of the molecule is COc1ccc(C2=C(Nc3cccc(C)c3C)C(=O)N(c3ccccc3F)C2=O)cc1OC. The van der Waals surface area contributed by atoms with Crippen LogP contribution in [-0.2, 0) is 9.59 Å². The van der Waals surface area contributed by atoms with E-state index in [9.17, 15) is 14.0 Å². The highest BCUT2D eigenvalue weighted by Gasteiger charge is 2.41. The highest BCUT2D eigenvalue weighted by molar-refractivity contribution is 6.46. The van der Waals surface area contributed by atoms with Gasteiger partial charge in [-0.1, -0.05) is 30.3 Å². The summed E-state index contributed by atoms with van der Waals surface area (Å²) in [5.41, 5.74) is 3.15. The van der Waals surface area contributed by atoms with Crippen molar-refractivity contribution in [3.05, 3.63) is 88.9 Å². The molecule has 0 unspecified atom stereocenters. The fraction of sp³-hybridized carbons (Fsp3) is 0.154. The molecule has 1 aliphatic rings. The van der Waals surface area contributed by atoms with Gasteiger partial charge in [0.05, 0.1) is 25.5 Å². The Morgan fingerprint density at radius 2 is 1.58 bits per heavy atom. The Morgan fingerprint density at radius 3 is 2.27 bits per heavy atom. The Bertz CT molecular complexity index is 1300. The number of rotatable bonds is 6. The second-order valence-electron chi connectivity index (χ2n) is 7.59. The van der Waals surface area contributed by atoms with Gasteiger partial charge in [-0.15, -0.1) is 0 Å². The number of nitrogens with one attached hydrogen (secondary N) is 1. The number of amides is 2. The lowest BCUT2D eigenvalue weighted by Gasteiger charge is -2.16. The predicted octanol–water partition coefficient (Wildman–Crippen LogP) is 4.86. The van der Waals surface area contributed by atoms with E-state index in [0.29, 0.717) is 22.7 Å². The number of halogens is 1. The maximum absolute atomic E-state index is 14.6. The minimum Gasteiger partial charge on any atom is -0.493 e. The average molecular weight is 446 g/mol. The first-order chi connectivity index (χ1) is 15.9. The zero-order valence-corrected chi connectivity index (χ0v) is 18.7. The van der Waals surface area contributed by atoms with Crippen molar-refractivity contribution in [1.82, 2.24) is 0 Å². The van der Waals surface area contributed by atoms with Crippen LogP contribution in [0.4, 0.5) is 15.8 Å². The minimum absolute atomic E-state index is 0.0594. The van der Waals surface area contributed by atoms with Crippen LogP contribution in [0.25, 0.3) is 5.57 Å². The standard InChI is InChI=1S/C26H23FN2O4/c1-15-8-7-10-19(16(15)2)28-24-23(17-12-13-21(32-3)22(14-17)33-4)25(30)29(26(24)31)20-11-6-5-9-18(20)27/h5-14,28H,1-4H3. The molecule has 0 fully saturated rings. The van der Waals surface area contributed by atoms with E-state index in [-0.39, 0.29) is 17.0 Å². The lowest BCUT2D eigenvalue weighted by Crippen LogP contribution is -2.33. The van der Waals surface area contributed by atoms with E-state index in [1.54, 1.807) is 24.3 Å². The van der Waals surface area contributed by atoms with E-state index >= 15 is 0 Å². The summed E-state index contributed by atoms with van der Waals surface area (Å²) in [6.07, 6.45) is 0. The smallest absolute Gasteiger partial charge is 0.282 e. The van der Waals surface area contributed by atoms with Gasteiger partial charge in [0, 0.05) is 5.69 Å². The first-order valence-corrected chi connectivity index (χ1v) is 10.3. The van der Waals surface area contributed by atoms with Crippen LogP contribution in [0.3, 0.4) is 0 Å². The van der Waals surface area contributed by atoms with Crippen LogP contribution < -0.4 is 19.7 Å². The molecule has 0 atom stereocenters. The van der Waals surface area contributed by atoms with Crippen LogP contribution in [-0.4, -0.2) is 26.0 Å². The summed E-state index contributed by atoms with van der Waals surface area (Å²) in [5, 5.41) is 3.14. The van der Waals surface area contributed by atoms with Crippen molar-refractivity contribution in [3.8, 4) is 11.5 Å². The van der Waals surface area contributed by atoms with E-state index in [4.69, 9.17) is 9.47 Å². The van der Waals surface area contributed by atoms with Crippen LogP contribution in [0.5, 0.6) is 11.5 Å². The monoisotopic (exact) mass is 446 g/mol. The molecule has 1 heterocycles. The lowest BCUT2D eigenvalue weighted by molar-refractivity contribution is -0.120. The number of ether oxygens (including phenoxy) is 2. The predicted molar refractivity (Wildman–Crippen MR) is 125 cm³/mol. The van der Waals surface area contributed by atoms with Gasteiger partial charge in [-0.25, -0.2) is 9.29 Å². The fourth-order valence-corrected chi connectivity index (χ4v) is 3.78. The van der Waals surface area contributed by atoms with E-state index in [2.05, 4.69) is 5.32 Å². The Balaban J connectivity index is 1.90. The zero-order valence-electron chi connectivity index (χ0n) is 18.7. The maximum atomic E-state index is 14.6. The molecule has 1 aliphatic heterocycles. The van der Waals surface area contributed by atoms with Gasteiger partial charge < -0.3 is 14.8 Å². The van der Waals surface area contributed by atoms with E-state index in [1.165, 1.54) is 32.4 Å². The molecule has 168 valence electrons. The zero-order chi connectivity index (χ0) is 23.7. The van der Waals surface area contributed by atoms with Gasteiger partial charge in [-0.3, -0.25) is 9.59 Å². The first-order valence-electron chi connectivity index (χ1n) is 10.3. The third-order valence-corrected chi connectivity index (χ3v) is 5.71. The quantitative estimate of drug-likeness (QED) is 0.548. The Kier molecular flexibility index (Phi) is 5.87. The van der Waals surface area contributed by atoms with E-state index < -0.39 is 17.6 Å². The molecule has 2 amide bonds. The third-order valence-electron chi connectivity index (χ3n) is 5.71. The second-order valence-corrected chi connectivity index (χ2v) is 7.59. The number of nitrogens with zero attached hydrogens (tertiary/aromatic N) is 1. The topological polar surface area (TPSA) is 67.9 Å². The van der Waals surface area contributed by atoms with Crippen LogP contribution in [0.15, 0.2) is 66.4 Å². The number of para-hydroxylation sites is 1. The van der Waals surface area contributed by atoms with Crippen LogP contribution in [0, 0.1) is 19.7 Å². The van der Waals surface area contributed by atoms with Gasteiger partial charge in [-0.05, 0) is 60.9 Å². The first kappa shape index (κ1) is 22.1. The van der Waals surface area contributed by atoms with Crippen molar-refractivity contribution >= 4 is 28.8 Å². The highest BCUT2D eigenvalue weighted by atomic mass is 19.1. The number of hydrogen-bond acceptors (Lipinski definition) is 5.